The summed E-state index contributed by atoms with van der Waals surface area (Å²) in [4.78, 5) is 3.89. The van der Waals surface area contributed by atoms with Crippen molar-refractivity contribution in [2.75, 3.05) is 6.67 Å². The molecular formula is C5H9N5. The molecule has 1 unspecified atom stereocenters. The van der Waals surface area contributed by atoms with Crippen molar-refractivity contribution < 1.29 is 0 Å². The Bertz CT molecular complexity index is 206. The van der Waals surface area contributed by atoms with Gasteiger partial charge in [0.05, 0.1) is 18.7 Å². The second-order valence-electron chi connectivity index (χ2n) is 2.21. The zero-order valence-electron chi connectivity index (χ0n) is 5.39. The normalized spacial score (nSPS) is 29.4. The van der Waals surface area contributed by atoms with E-state index in [1.807, 2.05) is 0 Å². The van der Waals surface area contributed by atoms with Crippen molar-refractivity contribution in [1.29, 1.82) is 0 Å². The highest BCUT2D eigenvalue weighted by Gasteiger charge is 2.23. The van der Waals surface area contributed by atoms with Crippen molar-refractivity contribution in [3.05, 3.63) is 11.5 Å². The Morgan fingerprint density at radius 3 is 3.40 bits per heavy atom. The average molecular weight is 139 g/mol. The largest absolute Gasteiger partial charge is 0.382 e. The fraction of sp³-hybridized carbons (Fsp3) is 0.400. The van der Waals surface area contributed by atoms with E-state index < -0.39 is 0 Å². The molecule has 1 fully saturated rings. The fourth-order valence-corrected chi connectivity index (χ4v) is 1.08. The monoisotopic (exact) mass is 139 g/mol. The van der Waals surface area contributed by atoms with Crippen LogP contribution in [0.4, 0.5) is 0 Å². The molecule has 5 N–H and O–H groups in total. The molecule has 1 saturated heterocycles. The second-order valence-corrected chi connectivity index (χ2v) is 2.21. The summed E-state index contributed by atoms with van der Waals surface area (Å²) in [6, 6.07) is 0. The molecule has 0 spiro atoms. The van der Waals surface area contributed by atoms with Crippen molar-refractivity contribution >= 4 is 6.34 Å². The molecule has 54 valence electrons. The molecule has 2 rings (SSSR count). The van der Waals surface area contributed by atoms with Gasteiger partial charge in [0.2, 0.25) is 0 Å². The van der Waals surface area contributed by atoms with E-state index in [2.05, 4.69) is 20.9 Å². The van der Waals surface area contributed by atoms with Crippen LogP contribution in [0.3, 0.4) is 0 Å². The van der Waals surface area contributed by atoms with Crippen molar-refractivity contribution in [2.45, 2.75) is 6.17 Å². The molecule has 0 radical (unpaired) electrons. The Labute approximate surface area is 58.4 Å². The summed E-state index contributed by atoms with van der Waals surface area (Å²) in [5.41, 5.74) is 6.51. The number of aliphatic imine (C=N–C) groups is 1. The van der Waals surface area contributed by atoms with Gasteiger partial charge >= 0.3 is 0 Å². The lowest BCUT2D eigenvalue weighted by molar-refractivity contribution is 0.625. The molecule has 0 aromatic carbocycles. The lowest BCUT2D eigenvalue weighted by Gasteiger charge is -2.15. The molecule has 0 amide bonds. The van der Waals surface area contributed by atoms with Gasteiger partial charge in [0, 0.05) is 0 Å². The van der Waals surface area contributed by atoms with E-state index in [0.717, 1.165) is 12.4 Å². The summed E-state index contributed by atoms with van der Waals surface area (Å²) in [5, 5.41) is 9.22. The molecule has 5 nitrogen and oxygen atoms in total. The highest BCUT2D eigenvalue weighted by atomic mass is 15.3. The van der Waals surface area contributed by atoms with E-state index in [1.54, 1.807) is 6.34 Å². The van der Waals surface area contributed by atoms with Crippen LogP contribution in [0.25, 0.3) is 0 Å². The van der Waals surface area contributed by atoms with Gasteiger partial charge in [-0.3, -0.25) is 5.32 Å². The number of rotatable bonds is 0. The number of hydrogen-bond acceptors (Lipinski definition) is 5. The minimum atomic E-state index is 0.137. The Balaban J connectivity index is 2.32. The second kappa shape index (κ2) is 1.88. The van der Waals surface area contributed by atoms with Gasteiger partial charge in [0.1, 0.15) is 12.0 Å². The summed E-state index contributed by atoms with van der Waals surface area (Å²) in [6.07, 6.45) is 1.74. The van der Waals surface area contributed by atoms with E-state index in [0.29, 0.717) is 5.82 Å². The number of fused-ring (bicyclic) bond motifs is 1. The van der Waals surface area contributed by atoms with Gasteiger partial charge in [-0.2, -0.15) is 0 Å². The lowest BCUT2D eigenvalue weighted by atomic mass is 10.3. The fourth-order valence-electron chi connectivity index (χ4n) is 1.08. The summed E-state index contributed by atoms with van der Waals surface area (Å²) < 4.78 is 0. The van der Waals surface area contributed by atoms with E-state index >= 15 is 0 Å². The zero-order valence-corrected chi connectivity index (χ0v) is 5.39. The van der Waals surface area contributed by atoms with Gasteiger partial charge in [-0.05, 0) is 0 Å². The van der Waals surface area contributed by atoms with Crippen LogP contribution in [-0.2, 0) is 0 Å². The van der Waals surface area contributed by atoms with Gasteiger partial charge in [-0.15, -0.1) is 0 Å². The minimum absolute atomic E-state index is 0.137. The van der Waals surface area contributed by atoms with Crippen LogP contribution in [0.15, 0.2) is 16.5 Å². The number of nitrogens with one attached hydrogen (secondary N) is 3. The van der Waals surface area contributed by atoms with Crippen molar-refractivity contribution in [1.82, 2.24) is 16.0 Å². The Morgan fingerprint density at radius 2 is 2.60 bits per heavy atom. The Morgan fingerprint density at radius 1 is 1.70 bits per heavy atom. The highest BCUT2D eigenvalue weighted by molar-refractivity contribution is 5.60. The molecule has 0 saturated carbocycles. The molecule has 2 aliphatic heterocycles. The van der Waals surface area contributed by atoms with Gasteiger partial charge in [-0.25, -0.2) is 4.99 Å². The van der Waals surface area contributed by atoms with Crippen molar-refractivity contribution in [3.8, 4) is 0 Å². The third-order valence-corrected chi connectivity index (χ3v) is 1.59. The van der Waals surface area contributed by atoms with Crippen LogP contribution in [0.1, 0.15) is 0 Å². The molecule has 0 aromatic rings. The topological polar surface area (TPSA) is 74.5 Å². The van der Waals surface area contributed by atoms with Gasteiger partial charge in [-0.1, -0.05) is 0 Å². The molecule has 5 heteroatoms. The number of hydrogen-bond donors (Lipinski definition) is 4. The maximum absolute atomic E-state index is 5.56. The van der Waals surface area contributed by atoms with E-state index in [4.69, 9.17) is 5.73 Å². The zero-order chi connectivity index (χ0) is 6.97. The van der Waals surface area contributed by atoms with Crippen molar-refractivity contribution in [2.24, 2.45) is 10.7 Å². The first-order valence-electron chi connectivity index (χ1n) is 3.13. The van der Waals surface area contributed by atoms with Crippen LogP contribution in [0.2, 0.25) is 0 Å². The number of nitrogens with two attached hydrogens (primary N) is 1. The highest BCUT2D eigenvalue weighted by Crippen LogP contribution is 2.07. The molecule has 2 heterocycles. The number of nitrogens with zero attached hydrogens (tertiary/aromatic N) is 1. The third-order valence-electron chi connectivity index (χ3n) is 1.59. The molecule has 0 aromatic heterocycles. The van der Waals surface area contributed by atoms with Crippen LogP contribution >= 0.6 is 0 Å². The predicted octanol–water partition coefficient (Wildman–Crippen LogP) is -1.78. The van der Waals surface area contributed by atoms with Crippen LogP contribution in [0, 0.1) is 0 Å². The first kappa shape index (κ1) is 5.55. The van der Waals surface area contributed by atoms with Crippen LogP contribution < -0.4 is 21.7 Å². The summed E-state index contributed by atoms with van der Waals surface area (Å²) in [5.74, 6) is 0.564. The van der Waals surface area contributed by atoms with Crippen molar-refractivity contribution in [3.63, 3.8) is 0 Å². The molecule has 2 aliphatic rings. The van der Waals surface area contributed by atoms with Gasteiger partial charge < -0.3 is 16.4 Å². The van der Waals surface area contributed by atoms with E-state index in [1.165, 1.54) is 0 Å². The molecule has 0 bridgehead atoms. The molecule has 1 atom stereocenters. The van der Waals surface area contributed by atoms with E-state index in [-0.39, 0.29) is 6.17 Å². The molecule has 0 aliphatic carbocycles. The molecular weight excluding hydrogens is 130 g/mol. The van der Waals surface area contributed by atoms with Crippen LogP contribution in [-0.4, -0.2) is 19.2 Å². The standard InChI is InChI=1S/C5H9N5/c6-4-3-5(9-1-7-3)10-2-8-4/h2,5,7,9H,1,6H2,(H,8,10). The quantitative estimate of drug-likeness (QED) is 0.320. The summed E-state index contributed by atoms with van der Waals surface area (Å²) in [7, 11) is 0. The average Bonchev–Trinajstić information content (AvgIpc) is 2.36. The van der Waals surface area contributed by atoms with Gasteiger partial charge in [0.25, 0.3) is 0 Å². The summed E-state index contributed by atoms with van der Waals surface area (Å²) >= 11 is 0. The third kappa shape index (κ3) is 0.640. The Kier molecular flexibility index (Phi) is 1.04. The van der Waals surface area contributed by atoms with E-state index in [9.17, 15) is 0 Å². The molecule has 10 heavy (non-hydrogen) atoms. The van der Waals surface area contributed by atoms with Crippen LogP contribution in [0.5, 0.6) is 0 Å². The lowest BCUT2D eigenvalue weighted by Crippen LogP contribution is -2.40. The first-order valence-corrected chi connectivity index (χ1v) is 3.13. The Hall–Kier alpha value is -1.23. The predicted molar refractivity (Wildman–Crippen MR) is 37.8 cm³/mol. The van der Waals surface area contributed by atoms with Gasteiger partial charge in [0.15, 0.2) is 0 Å². The maximum atomic E-state index is 5.56. The maximum Gasteiger partial charge on any atom is 0.147 e. The SMILES string of the molecule is NC1=C2NCNC2NC=N1. The summed E-state index contributed by atoms with van der Waals surface area (Å²) in [6.45, 7) is 0.747. The smallest absolute Gasteiger partial charge is 0.147 e. The first-order chi connectivity index (χ1) is 4.88. The minimum Gasteiger partial charge on any atom is -0.382 e.